The molecule has 13 heteroatoms. The first kappa shape index (κ1) is 25.3. The molecule has 1 aromatic carbocycles. The molecule has 3 rings (SSSR count). The molecule has 1 fully saturated rings. The summed E-state index contributed by atoms with van der Waals surface area (Å²) in [6.45, 7) is 2.39. The third kappa shape index (κ3) is 8.50. The minimum Gasteiger partial charge on any atom is -0.497 e. The second kappa shape index (κ2) is 12.8. The van der Waals surface area contributed by atoms with Crippen LogP contribution in [0.5, 0.6) is 5.75 Å². The fourth-order valence-corrected chi connectivity index (χ4v) is 5.56. The van der Waals surface area contributed by atoms with E-state index in [4.69, 9.17) is 4.74 Å². The van der Waals surface area contributed by atoms with E-state index in [-0.39, 0.29) is 42.4 Å². The summed E-state index contributed by atoms with van der Waals surface area (Å²) < 4.78 is 5.99. The van der Waals surface area contributed by atoms with E-state index in [1.807, 2.05) is 31.2 Å². The number of hydrogen-bond donors (Lipinski definition) is 4. The van der Waals surface area contributed by atoms with Gasteiger partial charge in [-0.25, -0.2) is 0 Å². The van der Waals surface area contributed by atoms with Crippen molar-refractivity contribution in [2.24, 2.45) is 0 Å². The molecule has 4 N–H and O–H groups in total. The molecule has 33 heavy (non-hydrogen) atoms. The number of anilines is 1. The lowest BCUT2D eigenvalue weighted by molar-refractivity contribution is -0.125. The van der Waals surface area contributed by atoms with Crippen molar-refractivity contribution in [2.75, 3.05) is 23.9 Å². The van der Waals surface area contributed by atoms with Gasteiger partial charge in [0.15, 0.2) is 4.34 Å². The molecule has 0 aliphatic carbocycles. The van der Waals surface area contributed by atoms with Crippen LogP contribution in [0.1, 0.15) is 25.3 Å². The molecule has 1 aliphatic heterocycles. The topological polar surface area (TPSA) is 134 Å². The monoisotopic (exact) mass is 510 g/mol. The van der Waals surface area contributed by atoms with Crippen molar-refractivity contribution in [2.45, 2.75) is 42.2 Å². The molecule has 2 heterocycles. The van der Waals surface area contributed by atoms with E-state index < -0.39 is 5.50 Å². The zero-order valence-corrected chi connectivity index (χ0v) is 20.7. The third-order valence-corrected chi connectivity index (χ3v) is 7.34. The van der Waals surface area contributed by atoms with Crippen LogP contribution in [0, 0.1) is 0 Å². The highest BCUT2D eigenvalue weighted by Crippen LogP contribution is 2.25. The number of rotatable bonds is 11. The number of hydrogen-bond acceptors (Lipinski definition) is 10. The molecule has 0 saturated carbocycles. The van der Waals surface area contributed by atoms with Crippen LogP contribution in [0.15, 0.2) is 28.6 Å². The Morgan fingerprint density at radius 1 is 1.30 bits per heavy atom. The van der Waals surface area contributed by atoms with E-state index in [1.165, 1.54) is 23.1 Å². The molecular weight excluding hydrogens is 484 g/mol. The number of aromatic nitrogens is 2. The number of benzene rings is 1. The number of nitrogens with one attached hydrogen (secondary N) is 4. The lowest BCUT2D eigenvalue weighted by atomic mass is 10.1. The van der Waals surface area contributed by atoms with Crippen molar-refractivity contribution in [3.05, 3.63) is 29.8 Å². The van der Waals surface area contributed by atoms with Crippen molar-refractivity contribution < 1.29 is 19.1 Å². The van der Waals surface area contributed by atoms with Gasteiger partial charge in [0, 0.05) is 25.4 Å². The van der Waals surface area contributed by atoms with Crippen LogP contribution < -0.4 is 26.0 Å². The Balaban J connectivity index is 1.41. The zero-order valence-electron chi connectivity index (χ0n) is 18.3. The zero-order chi connectivity index (χ0) is 23.6. The summed E-state index contributed by atoms with van der Waals surface area (Å²) >= 11 is 4.12. The molecule has 1 aliphatic rings. The minimum absolute atomic E-state index is 0.114. The number of carbonyl (C=O) groups is 3. The van der Waals surface area contributed by atoms with Crippen LogP contribution in [0.4, 0.5) is 5.13 Å². The molecule has 0 radical (unpaired) electrons. The molecule has 0 spiro atoms. The Kier molecular flexibility index (Phi) is 9.78. The van der Waals surface area contributed by atoms with Gasteiger partial charge in [-0.15, -0.1) is 22.0 Å². The molecule has 178 valence electrons. The smallest absolute Gasteiger partial charge is 0.236 e. The van der Waals surface area contributed by atoms with Gasteiger partial charge >= 0.3 is 0 Å². The minimum atomic E-state index is -0.464. The number of thioether (sulfide) groups is 2. The predicted molar refractivity (Wildman–Crippen MR) is 130 cm³/mol. The van der Waals surface area contributed by atoms with Gasteiger partial charge in [0.25, 0.3) is 0 Å². The maximum Gasteiger partial charge on any atom is 0.236 e. The van der Waals surface area contributed by atoms with Crippen molar-refractivity contribution in [1.29, 1.82) is 0 Å². The summed E-state index contributed by atoms with van der Waals surface area (Å²) in [6, 6.07) is 7.14. The number of nitrogens with zero attached hydrogens (tertiary/aromatic N) is 2. The van der Waals surface area contributed by atoms with E-state index in [0.29, 0.717) is 11.7 Å². The van der Waals surface area contributed by atoms with Gasteiger partial charge in [0.1, 0.15) is 11.2 Å². The quantitative estimate of drug-likeness (QED) is 0.264. The van der Waals surface area contributed by atoms with Crippen molar-refractivity contribution in [3.63, 3.8) is 0 Å². The molecule has 3 amide bonds. The van der Waals surface area contributed by atoms with Crippen LogP contribution in [0.25, 0.3) is 0 Å². The fraction of sp³-hybridized carbons (Fsp3) is 0.450. The molecule has 2 atom stereocenters. The highest BCUT2D eigenvalue weighted by Gasteiger charge is 2.28. The van der Waals surface area contributed by atoms with E-state index in [2.05, 4.69) is 31.5 Å². The summed E-state index contributed by atoms with van der Waals surface area (Å²) in [7, 11) is 1.59. The lowest BCUT2D eigenvalue weighted by Gasteiger charge is -2.30. The van der Waals surface area contributed by atoms with Crippen LogP contribution in [0.2, 0.25) is 0 Å². The maximum absolute atomic E-state index is 12.4. The second-order valence-corrected chi connectivity index (χ2v) is 10.6. The third-order valence-electron chi connectivity index (χ3n) is 4.47. The number of carbonyl (C=O) groups excluding carboxylic acids is 3. The Labute approximate surface area is 204 Å². The Bertz CT molecular complexity index is 973. The highest BCUT2D eigenvalue weighted by atomic mass is 32.2. The lowest BCUT2D eigenvalue weighted by Crippen LogP contribution is -2.56. The first-order valence-corrected chi connectivity index (χ1v) is 13.1. The van der Waals surface area contributed by atoms with Gasteiger partial charge in [-0.3, -0.25) is 25.0 Å². The van der Waals surface area contributed by atoms with Gasteiger partial charge in [-0.05, 0) is 23.4 Å². The Morgan fingerprint density at radius 2 is 2.15 bits per heavy atom. The summed E-state index contributed by atoms with van der Waals surface area (Å²) in [5, 5.41) is 20.0. The van der Waals surface area contributed by atoms with Crippen LogP contribution in [-0.4, -0.2) is 58.1 Å². The average molecular weight is 511 g/mol. The molecule has 2 unspecified atom stereocenters. The van der Waals surface area contributed by atoms with Gasteiger partial charge in [0.05, 0.1) is 12.9 Å². The summed E-state index contributed by atoms with van der Waals surface area (Å²) in [6.07, 6.45) is 0.349. The number of amides is 3. The van der Waals surface area contributed by atoms with Gasteiger partial charge in [-0.1, -0.05) is 42.2 Å². The molecule has 10 nitrogen and oxygen atoms in total. The van der Waals surface area contributed by atoms with E-state index in [9.17, 15) is 14.4 Å². The second-order valence-electron chi connectivity index (χ2n) is 7.01. The fourth-order valence-electron chi connectivity index (χ4n) is 3.00. The maximum atomic E-state index is 12.4. The summed E-state index contributed by atoms with van der Waals surface area (Å²) in [5.41, 5.74) is 0.459. The number of ether oxygens (including phenoxy) is 1. The van der Waals surface area contributed by atoms with E-state index >= 15 is 0 Å². The van der Waals surface area contributed by atoms with Crippen molar-refractivity contribution in [3.8, 4) is 5.75 Å². The van der Waals surface area contributed by atoms with Crippen LogP contribution >= 0.6 is 34.9 Å². The normalized spacial score (nSPS) is 17.8. The first-order chi connectivity index (χ1) is 15.9. The van der Waals surface area contributed by atoms with Gasteiger partial charge in [-0.2, -0.15) is 0 Å². The summed E-state index contributed by atoms with van der Waals surface area (Å²) in [4.78, 5) is 36.7. The highest BCUT2D eigenvalue weighted by molar-refractivity contribution is 8.01. The van der Waals surface area contributed by atoms with Crippen molar-refractivity contribution in [1.82, 2.24) is 26.1 Å². The Morgan fingerprint density at radius 3 is 2.94 bits per heavy atom. The summed E-state index contributed by atoms with van der Waals surface area (Å²) in [5.74, 6) is 1.15. The van der Waals surface area contributed by atoms with Crippen LogP contribution in [0.3, 0.4) is 0 Å². The van der Waals surface area contributed by atoms with E-state index in [1.54, 1.807) is 18.9 Å². The molecular formula is C20H26N6O4S3. The van der Waals surface area contributed by atoms with E-state index in [0.717, 1.165) is 21.4 Å². The predicted octanol–water partition coefficient (Wildman–Crippen LogP) is 1.80. The van der Waals surface area contributed by atoms with Crippen LogP contribution in [-0.2, 0) is 20.9 Å². The molecule has 1 aromatic heterocycles. The van der Waals surface area contributed by atoms with Gasteiger partial charge in [0.2, 0.25) is 22.9 Å². The SMILES string of the molecule is CCSc1nnc(NC(=O)CSC2NC(=O)CC(CC(=O)NCc3cccc(OC)c3)N2)s1. The first-order valence-electron chi connectivity index (χ1n) is 10.3. The molecule has 2 aromatic rings. The van der Waals surface area contributed by atoms with Gasteiger partial charge < -0.3 is 15.4 Å². The average Bonchev–Trinajstić information content (AvgIpc) is 3.23. The largest absolute Gasteiger partial charge is 0.497 e. The number of methoxy groups -OCH3 is 1. The van der Waals surface area contributed by atoms with Crippen molar-refractivity contribution >= 4 is 57.7 Å². The molecule has 1 saturated heterocycles. The molecule has 0 bridgehead atoms. The standard InChI is InChI=1S/C20H26N6O4S3/c1-3-31-20-26-25-19(33-20)24-17(29)11-32-18-22-13(9-16(28)23-18)8-15(27)21-10-12-5-4-6-14(7-12)30-2/h4-7,13,18,22H,3,8-11H2,1-2H3,(H,21,27)(H,23,28)(H,24,25,29). The Hall–Kier alpha value is -2.35.